The number of aliphatic hydroxyl groups is 1. The van der Waals surface area contributed by atoms with Crippen LogP contribution in [0.3, 0.4) is 0 Å². The van der Waals surface area contributed by atoms with Crippen molar-refractivity contribution in [2.24, 2.45) is 23.2 Å². The summed E-state index contributed by atoms with van der Waals surface area (Å²) in [6.07, 6.45) is 4.45. The molecule has 2 bridgehead atoms. The largest absolute Gasteiger partial charge is 0.426 e. The summed E-state index contributed by atoms with van der Waals surface area (Å²) < 4.78 is 5.55. The molecule has 0 aliphatic heterocycles. The van der Waals surface area contributed by atoms with E-state index in [-0.39, 0.29) is 11.9 Å². The lowest BCUT2D eigenvalue weighted by Crippen LogP contribution is -2.47. The van der Waals surface area contributed by atoms with Gasteiger partial charge < -0.3 is 15.2 Å². The summed E-state index contributed by atoms with van der Waals surface area (Å²) in [4.78, 5) is 12.2. The molecule has 2 N–H and O–H groups in total. The molecule has 2 saturated carbocycles. The highest BCUT2D eigenvalue weighted by Gasteiger charge is 2.51. The van der Waals surface area contributed by atoms with Crippen LogP contribution < -0.4 is 10.1 Å². The zero-order valence-electron chi connectivity index (χ0n) is 15.8. The molecule has 138 valence electrons. The van der Waals surface area contributed by atoms with Gasteiger partial charge in [0.25, 0.3) is 0 Å². The number of carbonyl (C=O) groups excluding carboxylic acids is 1. The fourth-order valence-corrected chi connectivity index (χ4v) is 4.62. The van der Waals surface area contributed by atoms with Crippen LogP contribution in [0.25, 0.3) is 0 Å². The van der Waals surface area contributed by atoms with Crippen molar-refractivity contribution >= 4 is 5.97 Å². The predicted molar refractivity (Wildman–Crippen MR) is 98.3 cm³/mol. The zero-order valence-corrected chi connectivity index (χ0v) is 15.8. The van der Waals surface area contributed by atoms with E-state index in [1.807, 2.05) is 46.0 Å². The third-order valence-electron chi connectivity index (χ3n) is 5.94. The Labute approximate surface area is 151 Å². The molecule has 0 saturated heterocycles. The van der Waals surface area contributed by atoms with E-state index in [4.69, 9.17) is 4.74 Å². The maximum absolute atomic E-state index is 12.2. The number of fused-ring (bicyclic) bond motifs is 2. The quantitative estimate of drug-likeness (QED) is 0.648. The first kappa shape index (κ1) is 18.4. The molecular weight excluding hydrogens is 314 g/mol. The van der Waals surface area contributed by atoms with Gasteiger partial charge in [0.05, 0.1) is 11.0 Å². The smallest absolute Gasteiger partial charge is 0.316 e. The molecule has 0 radical (unpaired) electrons. The van der Waals surface area contributed by atoms with Gasteiger partial charge in [0, 0.05) is 12.5 Å². The van der Waals surface area contributed by atoms with Gasteiger partial charge in [-0.3, -0.25) is 4.79 Å². The summed E-state index contributed by atoms with van der Waals surface area (Å²) in [5, 5.41) is 14.9. The molecule has 4 atom stereocenters. The van der Waals surface area contributed by atoms with Gasteiger partial charge in [0.1, 0.15) is 5.75 Å². The van der Waals surface area contributed by atoms with Gasteiger partial charge in [0.15, 0.2) is 0 Å². The molecule has 25 heavy (non-hydrogen) atoms. The van der Waals surface area contributed by atoms with Crippen LogP contribution >= 0.6 is 0 Å². The lowest BCUT2D eigenvalue weighted by atomic mass is 9.66. The number of esters is 1. The lowest BCUT2D eigenvalue weighted by molar-refractivity contribution is -0.143. The van der Waals surface area contributed by atoms with E-state index in [2.05, 4.69) is 5.32 Å². The van der Waals surface area contributed by atoms with Crippen molar-refractivity contribution in [2.45, 2.75) is 52.1 Å². The maximum atomic E-state index is 12.2. The van der Waals surface area contributed by atoms with Gasteiger partial charge in [-0.05, 0) is 76.6 Å². The van der Waals surface area contributed by atoms with Crippen molar-refractivity contribution < 1.29 is 14.6 Å². The van der Waals surface area contributed by atoms with Crippen molar-refractivity contribution in [3.8, 4) is 5.75 Å². The lowest BCUT2D eigenvalue weighted by Gasteiger charge is -2.44. The van der Waals surface area contributed by atoms with Crippen molar-refractivity contribution in [2.75, 3.05) is 13.6 Å². The second kappa shape index (κ2) is 6.73. The van der Waals surface area contributed by atoms with Gasteiger partial charge in [0.2, 0.25) is 0 Å². The Morgan fingerprint density at radius 3 is 2.80 bits per heavy atom. The molecule has 2 aliphatic carbocycles. The third-order valence-corrected chi connectivity index (χ3v) is 5.94. The molecule has 3 rings (SSSR count). The fraction of sp³-hybridized carbons (Fsp3) is 0.667. The van der Waals surface area contributed by atoms with Crippen LogP contribution in [0.5, 0.6) is 5.75 Å². The van der Waals surface area contributed by atoms with E-state index in [0.717, 1.165) is 18.5 Å². The van der Waals surface area contributed by atoms with Crippen LogP contribution in [-0.2, 0) is 10.4 Å². The molecule has 0 unspecified atom stereocenters. The molecular formula is C21H31NO3. The predicted octanol–water partition coefficient (Wildman–Crippen LogP) is 3.48. The number of benzene rings is 1. The summed E-state index contributed by atoms with van der Waals surface area (Å²) in [7, 11) is 1.95. The van der Waals surface area contributed by atoms with E-state index < -0.39 is 11.0 Å². The minimum absolute atomic E-state index is 0.199. The molecule has 4 nitrogen and oxygen atoms in total. The van der Waals surface area contributed by atoms with Crippen molar-refractivity contribution in [3.63, 3.8) is 0 Å². The Balaban J connectivity index is 1.89. The summed E-state index contributed by atoms with van der Waals surface area (Å²) in [5.74, 6) is 1.63. The summed E-state index contributed by atoms with van der Waals surface area (Å²) in [6.45, 7) is 6.33. The molecule has 1 aromatic carbocycles. The fourth-order valence-electron chi connectivity index (χ4n) is 4.62. The number of hydrogen-bond donors (Lipinski definition) is 2. The topological polar surface area (TPSA) is 58.6 Å². The summed E-state index contributed by atoms with van der Waals surface area (Å²) in [6, 6.07) is 7.51. The average Bonchev–Trinajstić information content (AvgIpc) is 2.94. The minimum atomic E-state index is -0.850. The average molecular weight is 345 g/mol. The van der Waals surface area contributed by atoms with Gasteiger partial charge in [-0.15, -0.1) is 0 Å². The third kappa shape index (κ3) is 3.61. The summed E-state index contributed by atoms with van der Waals surface area (Å²) >= 11 is 0. The first-order valence-electron chi connectivity index (χ1n) is 9.44. The zero-order chi connectivity index (χ0) is 18.2. The van der Waals surface area contributed by atoms with Crippen LogP contribution in [0.2, 0.25) is 0 Å². The first-order valence-corrected chi connectivity index (χ1v) is 9.44. The molecule has 2 fully saturated rings. The van der Waals surface area contributed by atoms with Crippen molar-refractivity contribution in [1.29, 1.82) is 0 Å². The van der Waals surface area contributed by atoms with E-state index in [1.54, 1.807) is 6.07 Å². The molecule has 1 aromatic rings. The number of ether oxygens (including phenoxy) is 1. The van der Waals surface area contributed by atoms with E-state index in [1.165, 1.54) is 19.3 Å². The van der Waals surface area contributed by atoms with E-state index in [0.29, 0.717) is 17.6 Å². The number of carbonyl (C=O) groups is 1. The number of nitrogens with one attached hydrogen (secondary N) is 1. The molecule has 4 heteroatoms. The first-order chi connectivity index (χ1) is 11.7. The van der Waals surface area contributed by atoms with Gasteiger partial charge in [-0.1, -0.05) is 18.6 Å². The second-order valence-corrected chi connectivity index (χ2v) is 8.90. The molecule has 0 aromatic heterocycles. The van der Waals surface area contributed by atoms with Gasteiger partial charge in [-0.2, -0.15) is 0 Å². The summed E-state index contributed by atoms with van der Waals surface area (Å²) in [5.41, 5.74) is -0.522. The Hall–Kier alpha value is -1.39. The number of hydrogen-bond acceptors (Lipinski definition) is 4. The van der Waals surface area contributed by atoms with Gasteiger partial charge >= 0.3 is 5.97 Å². The van der Waals surface area contributed by atoms with Crippen molar-refractivity contribution in [3.05, 3.63) is 29.8 Å². The monoisotopic (exact) mass is 345 g/mol. The molecule has 2 aliphatic rings. The Morgan fingerprint density at radius 1 is 1.36 bits per heavy atom. The van der Waals surface area contributed by atoms with Crippen LogP contribution in [0, 0.1) is 23.2 Å². The maximum Gasteiger partial charge on any atom is 0.316 e. The Morgan fingerprint density at radius 2 is 2.12 bits per heavy atom. The highest BCUT2D eigenvalue weighted by molar-refractivity contribution is 5.77. The van der Waals surface area contributed by atoms with Crippen LogP contribution in [0.4, 0.5) is 0 Å². The van der Waals surface area contributed by atoms with Crippen LogP contribution in [-0.4, -0.2) is 24.7 Å². The second-order valence-electron chi connectivity index (χ2n) is 8.90. The van der Waals surface area contributed by atoms with Gasteiger partial charge in [-0.25, -0.2) is 0 Å². The highest BCUT2D eigenvalue weighted by atomic mass is 16.5. The minimum Gasteiger partial charge on any atom is -0.426 e. The normalized spacial score (nSPS) is 31.8. The SMILES string of the molecule is CNC[C@H]1[C@H]2CC[C@H](C2)C[C@]1(O)c1cccc(OC(=O)C(C)(C)C)c1. The van der Waals surface area contributed by atoms with E-state index >= 15 is 0 Å². The standard InChI is InChI=1S/C21H31NO3/c1-20(2,3)19(23)25-17-7-5-6-16(11-17)21(24)12-14-8-9-15(10-14)18(21)13-22-4/h5-7,11,14-15,18,22,24H,8-10,12-13H2,1-4H3/t14-,15+,18+,21+/m1/s1. The molecule has 0 heterocycles. The van der Waals surface area contributed by atoms with E-state index in [9.17, 15) is 9.90 Å². The molecule has 0 spiro atoms. The Bertz CT molecular complexity index is 636. The molecule has 0 amide bonds. The number of rotatable bonds is 4. The Kier molecular flexibility index (Phi) is 4.95. The van der Waals surface area contributed by atoms with Crippen LogP contribution in [0.15, 0.2) is 24.3 Å². The highest BCUT2D eigenvalue weighted by Crippen LogP contribution is 2.54. The van der Waals surface area contributed by atoms with Crippen molar-refractivity contribution in [1.82, 2.24) is 5.32 Å². The van der Waals surface area contributed by atoms with Crippen LogP contribution in [0.1, 0.15) is 52.0 Å².